The van der Waals surface area contributed by atoms with Gasteiger partial charge in [0.15, 0.2) is 0 Å². The van der Waals surface area contributed by atoms with E-state index in [-0.39, 0.29) is 10.8 Å². The van der Waals surface area contributed by atoms with Gasteiger partial charge in [-0.25, -0.2) is 8.42 Å². The van der Waals surface area contributed by atoms with E-state index in [0.29, 0.717) is 18.8 Å². The van der Waals surface area contributed by atoms with E-state index in [9.17, 15) is 13.2 Å². The second-order valence-corrected chi connectivity index (χ2v) is 8.85. The van der Waals surface area contributed by atoms with E-state index in [1.807, 2.05) is 32.0 Å². The van der Waals surface area contributed by atoms with Gasteiger partial charge in [-0.1, -0.05) is 18.6 Å². The van der Waals surface area contributed by atoms with Crippen molar-refractivity contribution in [3.8, 4) is 0 Å². The van der Waals surface area contributed by atoms with E-state index in [1.165, 1.54) is 16.6 Å². The lowest BCUT2D eigenvalue weighted by molar-refractivity contribution is 0.101. The molecule has 1 amide bonds. The van der Waals surface area contributed by atoms with Crippen LogP contribution in [0.4, 0.5) is 5.69 Å². The number of sulfonamides is 1. The molecule has 1 N–H and O–H groups in total. The Morgan fingerprint density at radius 3 is 2.46 bits per heavy atom. The molecule has 1 fully saturated rings. The monoisotopic (exact) mass is 375 g/mol. The van der Waals surface area contributed by atoms with Gasteiger partial charge in [-0.3, -0.25) is 4.79 Å². The molecule has 140 valence electrons. The number of amides is 1. The van der Waals surface area contributed by atoms with Gasteiger partial charge in [-0.2, -0.15) is 4.31 Å². The second kappa shape index (κ2) is 7.25. The van der Waals surface area contributed by atoms with Gasteiger partial charge in [0.05, 0.1) is 0 Å². The molecule has 0 aliphatic carbocycles. The molecule has 0 saturated carbocycles. The first-order valence-electron chi connectivity index (χ1n) is 8.84. The Hall–Kier alpha value is -2.12. The first-order chi connectivity index (χ1) is 12.3. The Labute approximate surface area is 154 Å². The molecule has 6 nitrogen and oxygen atoms in total. The quantitative estimate of drug-likeness (QED) is 0.893. The summed E-state index contributed by atoms with van der Waals surface area (Å²) in [6.45, 7) is 4.97. The van der Waals surface area contributed by atoms with E-state index < -0.39 is 10.0 Å². The number of benzene rings is 1. The highest BCUT2D eigenvalue weighted by atomic mass is 32.2. The summed E-state index contributed by atoms with van der Waals surface area (Å²) in [4.78, 5) is 12.8. The van der Waals surface area contributed by atoms with Crippen LogP contribution in [0.1, 0.15) is 40.9 Å². The van der Waals surface area contributed by atoms with Crippen molar-refractivity contribution in [1.82, 2.24) is 8.87 Å². The third-order valence-electron chi connectivity index (χ3n) is 4.81. The van der Waals surface area contributed by atoms with Crippen molar-refractivity contribution in [2.45, 2.75) is 38.0 Å². The number of aryl methyl sites for hydroxylation is 3. The van der Waals surface area contributed by atoms with E-state index >= 15 is 0 Å². The maximum atomic E-state index is 12.8. The average Bonchev–Trinajstić information content (AvgIpc) is 3.01. The minimum absolute atomic E-state index is 0.174. The largest absolute Gasteiger partial charge is 0.345 e. The molecular weight excluding hydrogens is 350 g/mol. The Kier molecular flexibility index (Phi) is 5.20. The fourth-order valence-electron chi connectivity index (χ4n) is 3.21. The number of piperidine rings is 1. The lowest BCUT2D eigenvalue weighted by Gasteiger charge is -2.25. The number of nitrogens with zero attached hydrogens (tertiary/aromatic N) is 2. The third kappa shape index (κ3) is 3.68. The molecule has 0 spiro atoms. The topological polar surface area (TPSA) is 71.4 Å². The molecule has 26 heavy (non-hydrogen) atoms. The SMILES string of the molecule is Cc1ccc(C)c(NC(=O)c2cc(S(=O)(=O)N3CCCCC3)cn2C)c1. The summed E-state index contributed by atoms with van der Waals surface area (Å²) in [5.74, 6) is -0.318. The van der Waals surface area contributed by atoms with Crippen molar-refractivity contribution < 1.29 is 13.2 Å². The lowest BCUT2D eigenvalue weighted by atomic mass is 10.1. The van der Waals surface area contributed by atoms with Crippen LogP contribution in [-0.2, 0) is 17.1 Å². The van der Waals surface area contributed by atoms with Gasteiger partial charge in [0, 0.05) is 32.0 Å². The van der Waals surface area contributed by atoms with Gasteiger partial charge in [-0.05, 0) is 49.9 Å². The van der Waals surface area contributed by atoms with Crippen molar-refractivity contribution in [2.75, 3.05) is 18.4 Å². The standard InChI is InChI=1S/C19H25N3O3S/c1-14-7-8-15(2)17(11-14)20-19(23)18-12-16(13-21(18)3)26(24,25)22-9-5-4-6-10-22/h7-8,11-13H,4-6,9-10H2,1-3H3,(H,20,23). The van der Waals surface area contributed by atoms with Gasteiger partial charge >= 0.3 is 0 Å². The average molecular weight is 375 g/mol. The Balaban J connectivity index is 1.85. The van der Waals surface area contributed by atoms with Crippen molar-refractivity contribution in [3.63, 3.8) is 0 Å². The fourth-order valence-corrected chi connectivity index (χ4v) is 4.80. The maximum absolute atomic E-state index is 12.8. The Morgan fingerprint density at radius 2 is 1.77 bits per heavy atom. The highest BCUT2D eigenvalue weighted by Gasteiger charge is 2.28. The van der Waals surface area contributed by atoms with Crippen LogP contribution in [0.25, 0.3) is 0 Å². The number of anilines is 1. The summed E-state index contributed by atoms with van der Waals surface area (Å²) in [7, 11) is -1.86. The van der Waals surface area contributed by atoms with E-state index in [4.69, 9.17) is 0 Å². The van der Waals surface area contributed by atoms with E-state index in [0.717, 1.165) is 36.1 Å². The first-order valence-corrected chi connectivity index (χ1v) is 10.3. The summed E-state index contributed by atoms with van der Waals surface area (Å²) in [5, 5.41) is 2.88. The lowest BCUT2D eigenvalue weighted by Crippen LogP contribution is -2.35. The van der Waals surface area contributed by atoms with Crippen LogP contribution in [0.2, 0.25) is 0 Å². The normalized spacial score (nSPS) is 15.8. The van der Waals surface area contributed by atoms with Gasteiger partial charge in [0.25, 0.3) is 5.91 Å². The number of aromatic nitrogens is 1. The molecule has 1 aliphatic rings. The Morgan fingerprint density at radius 1 is 1.08 bits per heavy atom. The van der Waals surface area contributed by atoms with Crippen molar-refractivity contribution >= 4 is 21.6 Å². The summed E-state index contributed by atoms with van der Waals surface area (Å²) >= 11 is 0. The smallest absolute Gasteiger partial charge is 0.272 e. The van der Waals surface area contributed by atoms with Gasteiger partial charge in [0.1, 0.15) is 10.6 Å². The zero-order valence-corrected chi connectivity index (χ0v) is 16.3. The molecule has 0 bridgehead atoms. The zero-order valence-electron chi connectivity index (χ0n) is 15.4. The second-order valence-electron chi connectivity index (χ2n) is 6.91. The highest BCUT2D eigenvalue weighted by Crippen LogP contribution is 2.23. The summed E-state index contributed by atoms with van der Waals surface area (Å²) in [5.41, 5.74) is 3.06. The van der Waals surface area contributed by atoms with Crippen molar-refractivity contribution in [2.24, 2.45) is 7.05 Å². The van der Waals surface area contributed by atoms with Crippen LogP contribution in [-0.4, -0.2) is 36.3 Å². The zero-order chi connectivity index (χ0) is 18.9. The summed E-state index contributed by atoms with van der Waals surface area (Å²) in [6, 6.07) is 7.30. The van der Waals surface area contributed by atoms with E-state index in [1.54, 1.807) is 11.6 Å². The molecule has 0 unspecified atom stereocenters. The van der Waals surface area contributed by atoms with Crippen LogP contribution in [0.3, 0.4) is 0 Å². The molecule has 1 aromatic carbocycles. The third-order valence-corrected chi connectivity index (χ3v) is 6.67. The number of hydrogen-bond donors (Lipinski definition) is 1. The molecule has 3 rings (SSSR count). The predicted molar refractivity (Wildman–Crippen MR) is 102 cm³/mol. The summed E-state index contributed by atoms with van der Waals surface area (Å²) in [6.07, 6.45) is 4.34. The minimum Gasteiger partial charge on any atom is -0.345 e. The van der Waals surface area contributed by atoms with E-state index in [2.05, 4.69) is 5.32 Å². The maximum Gasteiger partial charge on any atom is 0.272 e. The predicted octanol–water partition coefficient (Wildman–Crippen LogP) is 3.07. The van der Waals surface area contributed by atoms with Crippen LogP contribution in [0.15, 0.2) is 35.4 Å². The Bertz CT molecular complexity index is 926. The van der Waals surface area contributed by atoms with Crippen LogP contribution in [0.5, 0.6) is 0 Å². The molecule has 1 saturated heterocycles. The number of rotatable bonds is 4. The molecule has 7 heteroatoms. The fraction of sp³-hybridized carbons (Fsp3) is 0.421. The van der Waals surface area contributed by atoms with Crippen molar-refractivity contribution in [1.29, 1.82) is 0 Å². The number of hydrogen-bond acceptors (Lipinski definition) is 3. The molecule has 0 atom stereocenters. The van der Waals surface area contributed by atoms with Gasteiger partial charge < -0.3 is 9.88 Å². The van der Waals surface area contributed by atoms with Gasteiger partial charge in [0.2, 0.25) is 10.0 Å². The van der Waals surface area contributed by atoms with Gasteiger partial charge in [-0.15, -0.1) is 0 Å². The highest BCUT2D eigenvalue weighted by molar-refractivity contribution is 7.89. The first kappa shape index (κ1) is 18.7. The minimum atomic E-state index is -3.55. The molecule has 1 aliphatic heterocycles. The summed E-state index contributed by atoms with van der Waals surface area (Å²) < 4.78 is 28.7. The van der Waals surface area contributed by atoms with Crippen LogP contribution < -0.4 is 5.32 Å². The molecule has 0 radical (unpaired) electrons. The number of carbonyl (C=O) groups excluding carboxylic acids is 1. The van der Waals surface area contributed by atoms with Crippen LogP contribution >= 0.6 is 0 Å². The number of nitrogens with one attached hydrogen (secondary N) is 1. The number of carbonyl (C=O) groups is 1. The molecule has 2 heterocycles. The molecular formula is C19H25N3O3S. The van der Waals surface area contributed by atoms with Crippen LogP contribution in [0, 0.1) is 13.8 Å². The molecule has 1 aromatic heterocycles. The molecule has 2 aromatic rings. The van der Waals surface area contributed by atoms with Crippen molar-refractivity contribution in [3.05, 3.63) is 47.3 Å².